The Kier molecular flexibility index (Phi) is 5.18. The van der Waals surface area contributed by atoms with Crippen LogP contribution in [0.25, 0.3) is 0 Å². The van der Waals surface area contributed by atoms with E-state index in [1.54, 1.807) is 39.8 Å². The molecular weight excluding hydrogens is 274 g/mol. The number of nitrogens with one attached hydrogen (secondary N) is 1. The van der Waals surface area contributed by atoms with Crippen LogP contribution in [0.2, 0.25) is 0 Å². The third kappa shape index (κ3) is 5.72. The fourth-order valence-corrected chi connectivity index (χ4v) is 1.78. The summed E-state index contributed by atoms with van der Waals surface area (Å²) in [6.07, 6.45) is -0.660. The van der Waals surface area contributed by atoms with Gasteiger partial charge < -0.3 is 20.3 Å². The Labute approximate surface area is 123 Å². The van der Waals surface area contributed by atoms with Gasteiger partial charge in [0, 0.05) is 6.42 Å². The lowest BCUT2D eigenvalue weighted by atomic mass is 10.0. The van der Waals surface area contributed by atoms with Gasteiger partial charge in [0.25, 0.3) is 0 Å². The number of alkyl carbamates (subject to hydrolysis) is 1. The summed E-state index contributed by atoms with van der Waals surface area (Å²) < 4.78 is 5.05. The van der Waals surface area contributed by atoms with Crippen molar-refractivity contribution in [3.63, 3.8) is 0 Å². The molecule has 1 aromatic rings. The first-order valence-electron chi connectivity index (χ1n) is 6.59. The van der Waals surface area contributed by atoms with E-state index in [0.717, 1.165) is 11.1 Å². The normalized spacial score (nSPS) is 12.6. The summed E-state index contributed by atoms with van der Waals surface area (Å²) in [5.41, 5.74) is 0.796. The predicted octanol–water partition coefficient (Wildman–Crippen LogP) is 2.22. The number of amides is 1. The number of phenols is 1. The Hall–Kier alpha value is -2.24. The van der Waals surface area contributed by atoms with E-state index in [1.165, 1.54) is 6.07 Å². The second-order valence-electron chi connectivity index (χ2n) is 5.85. The van der Waals surface area contributed by atoms with E-state index >= 15 is 0 Å². The lowest BCUT2D eigenvalue weighted by Crippen LogP contribution is -2.44. The number of aryl methyl sites for hydroxylation is 1. The molecule has 3 N–H and O–H groups in total. The van der Waals surface area contributed by atoms with E-state index in [2.05, 4.69) is 5.32 Å². The lowest BCUT2D eigenvalue weighted by Gasteiger charge is -2.22. The first-order valence-corrected chi connectivity index (χ1v) is 6.59. The van der Waals surface area contributed by atoms with E-state index in [0.29, 0.717) is 0 Å². The number of ether oxygens (including phenoxy) is 1. The molecule has 21 heavy (non-hydrogen) atoms. The summed E-state index contributed by atoms with van der Waals surface area (Å²) in [4.78, 5) is 22.9. The number of carboxylic acids is 1. The Balaban J connectivity index is 2.79. The molecule has 0 fully saturated rings. The highest BCUT2D eigenvalue weighted by molar-refractivity contribution is 5.80. The Bertz CT molecular complexity index is 533. The molecule has 1 unspecified atom stereocenters. The van der Waals surface area contributed by atoms with Crippen LogP contribution in [-0.4, -0.2) is 33.9 Å². The third-order valence-electron chi connectivity index (χ3n) is 2.74. The molecule has 1 aromatic carbocycles. The van der Waals surface area contributed by atoms with Crippen molar-refractivity contribution in [2.45, 2.75) is 45.8 Å². The molecule has 6 heteroatoms. The number of hydrogen-bond acceptors (Lipinski definition) is 4. The maximum absolute atomic E-state index is 11.7. The SMILES string of the molecule is Cc1cc(O)ccc1CC(NC(=O)OC(C)(C)C)C(=O)O. The van der Waals surface area contributed by atoms with Crippen molar-refractivity contribution in [3.8, 4) is 5.75 Å². The van der Waals surface area contributed by atoms with Gasteiger partial charge in [0.1, 0.15) is 17.4 Å². The number of hydrogen-bond donors (Lipinski definition) is 3. The molecule has 0 saturated heterocycles. The van der Waals surface area contributed by atoms with Crippen LogP contribution in [0.3, 0.4) is 0 Å². The predicted molar refractivity (Wildman–Crippen MR) is 77.3 cm³/mol. The minimum Gasteiger partial charge on any atom is -0.508 e. The van der Waals surface area contributed by atoms with Gasteiger partial charge in [0.2, 0.25) is 0 Å². The largest absolute Gasteiger partial charge is 0.508 e. The van der Waals surface area contributed by atoms with Gasteiger partial charge >= 0.3 is 12.1 Å². The Morgan fingerprint density at radius 1 is 1.33 bits per heavy atom. The standard InChI is InChI=1S/C15H21NO5/c1-9-7-11(17)6-5-10(9)8-12(13(18)19)16-14(20)21-15(2,3)4/h5-7,12,17H,8H2,1-4H3,(H,16,20)(H,18,19). The van der Waals surface area contributed by atoms with Gasteiger partial charge in [-0.1, -0.05) is 6.07 Å². The van der Waals surface area contributed by atoms with Crippen molar-refractivity contribution in [1.29, 1.82) is 0 Å². The molecule has 1 rings (SSSR count). The summed E-state index contributed by atoms with van der Waals surface area (Å²) in [7, 11) is 0. The number of rotatable bonds is 4. The van der Waals surface area contributed by atoms with Crippen molar-refractivity contribution in [1.82, 2.24) is 5.32 Å². The molecule has 0 aromatic heterocycles. The summed E-state index contributed by atoms with van der Waals surface area (Å²) in [6.45, 7) is 6.87. The third-order valence-corrected chi connectivity index (χ3v) is 2.74. The number of aromatic hydroxyl groups is 1. The maximum atomic E-state index is 11.7. The average Bonchev–Trinajstić information content (AvgIpc) is 2.28. The molecule has 116 valence electrons. The molecule has 0 radical (unpaired) electrons. The quantitative estimate of drug-likeness (QED) is 0.791. The molecule has 6 nitrogen and oxygen atoms in total. The van der Waals surface area contributed by atoms with Crippen LogP contribution in [-0.2, 0) is 16.0 Å². The zero-order valence-electron chi connectivity index (χ0n) is 12.6. The Morgan fingerprint density at radius 3 is 2.43 bits per heavy atom. The number of carbonyl (C=O) groups excluding carboxylic acids is 1. The number of benzene rings is 1. The van der Waals surface area contributed by atoms with E-state index in [1.807, 2.05) is 0 Å². The zero-order chi connectivity index (χ0) is 16.2. The average molecular weight is 295 g/mol. The second kappa shape index (κ2) is 6.47. The van der Waals surface area contributed by atoms with Crippen LogP contribution >= 0.6 is 0 Å². The molecule has 0 spiro atoms. The molecule has 0 aliphatic rings. The Morgan fingerprint density at radius 2 is 1.95 bits per heavy atom. The van der Waals surface area contributed by atoms with E-state index in [-0.39, 0.29) is 12.2 Å². The van der Waals surface area contributed by atoms with E-state index < -0.39 is 23.7 Å². The highest BCUT2D eigenvalue weighted by Gasteiger charge is 2.24. The van der Waals surface area contributed by atoms with Crippen molar-refractivity contribution in [3.05, 3.63) is 29.3 Å². The molecule has 1 amide bonds. The number of phenolic OH excluding ortho intramolecular Hbond substituents is 1. The monoisotopic (exact) mass is 295 g/mol. The molecular formula is C15H21NO5. The van der Waals surface area contributed by atoms with Gasteiger partial charge in [-0.15, -0.1) is 0 Å². The summed E-state index contributed by atoms with van der Waals surface area (Å²) in [5, 5.41) is 20.9. The van der Waals surface area contributed by atoms with Crippen LogP contribution in [0.4, 0.5) is 4.79 Å². The van der Waals surface area contributed by atoms with Crippen LogP contribution in [0.1, 0.15) is 31.9 Å². The van der Waals surface area contributed by atoms with Crippen LogP contribution in [0.5, 0.6) is 5.75 Å². The summed E-state index contributed by atoms with van der Waals surface area (Å²) in [6, 6.07) is 3.57. The topological polar surface area (TPSA) is 95.9 Å². The van der Waals surface area contributed by atoms with Gasteiger partial charge in [-0.2, -0.15) is 0 Å². The number of carbonyl (C=O) groups is 2. The smallest absolute Gasteiger partial charge is 0.408 e. The number of carboxylic acid groups (broad SMARTS) is 1. The zero-order valence-corrected chi connectivity index (χ0v) is 12.6. The van der Waals surface area contributed by atoms with Gasteiger partial charge in [-0.25, -0.2) is 9.59 Å². The van der Waals surface area contributed by atoms with Gasteiger partial charge in [0.05, 0.1) is 0 Å². The molecule has 0 heterocycles. The van der Waals surface area contributed by atoms with Gasteiger partial charge in [-0.05, 0) is 51.0 Å². The minimum atomic E-state index is -1.15. The van der Waals surface area contributed by atoms with Crippen molar-refractivity contribution < 1.29 is 24.5 Å². The minimum absolute atomic E-state index is 0.112. The highest BCUT2D eigenvalue weighted by Crippen LogP contribution is 2.17. The maximum Gasteiger partial charge on any atom is 0.408 e. The molecule has 0 saturated carbocycles. The highest BCUT2D eigenvalue weighted by atomic mass is 16.6. The first kappa shape index (κ1) is 16.8. The molecule has 1 atom stereocenters. The molecule has 0 aliphatic carbocycles. The van der Waals surface area contributed by atoms with Crippen LogP contribution in [0.15, 0.2) is 18.2 Å². The van der Waals surface area contributed by atoms with Crippen molar-refractivity contribution >= 4 is 12.1 Å². The van der Waals surface area contributed by atoms with E-state index in [9.17, 15) is 19.8 Å². The van der Waals surface area contributed by atoms with Gasteiger partial charge in [0.15, 0.2) is 0 Å². The summed E-state index contributed by atoms with van der Waals surface area (Å²) >= 11 is 0. The van der Waals surface area contributed by atoms with Gasteiger partial charge in [-0.3, -0.25) is 0 Å². The van der Waals surface area contributed by atoms with Crippen LogP contribution < -0.4 is 5.32 Å². The van der Waals surface area contributed by atoms with E-state index in [4.69, 9.17) is 4.74 Å². The number of aliphatic carboxylic acids is 1. The fourth-order valence-electron chi connectivity index (χ4n) is 1.78. The lowest BCUT2D eigenvalue weighted by molar-refractivity contribution is -0.139. The second-order valence-corrected chi connectivity index (χ2v) is 5.85. The summed E-state index contributed by atoms with van der Waals surface area (Å²) in [5.74, 6) is -1.03. The molecule has 0 aliphatic heterocycles. The van der Waals surface area contributed by atoms with Crippen molar-refractivity contribution in [2.75, 3.05) is 0 Å². The fraction of sp³-hybridized carbons (Fsp3) is 0.467. The van der Waals surface area contributed by atoms with Crippen molar-refractivity contribution in [2.24, 2.45) is 0 Å². The molecule has 0 bridgehead atoms. The van der Waals surface area contributed by atoms with Crippen LogP contribution in [0, 0.1) is 6.92 Å². The first-order chi connectivity index (χ1) is 9.58.